The highest BCUT2D eigenvalue weighted by Crippen LogP contribution is 2.46. The van der Waals surface area contributed by atoms with E-state index < -0.39 is 35.1 Å². The number of hydrogen-bond acceptors (Lipinski definition) is 7. The SMILES string of the molecule is CCOP(=O)(CCc1cc(Cl)c(C(=O)NC(Cc2cccc(S(C)(=O)=O)c2)C(=O)O)c(Cl)c1)c1cccc(O)c1. The molecule has 0 saturated carbocycles. The van der Waals surface area contributed by atoms with Crippen LogP contribution in [0.2, 0.25) is 10.0 Å². The minimum absolute atomic E-state index is 0.0279. The van der Waals surface area contributed by atoms with Crippen molar-refractivity contribution in [2.45, 2.75) is 30.7 Å². The van der Waals surface area contributed by atoms with Crippen molar-refractivity contribution in [1.29, 1.82) is 0 Å². The molecule has 2 atom stereocenters. The van der Waals surface area contributed by atoms with E-state index in [9.17, 15) is 32.8 Å². The molecule has 0 saturated heterocycles. The number of halogens is 2. The Morgan fingerprint density at radius 1 is 1.02 bits per heavy atom. The third-order valence-electron chi connectivity index (χ3n) is 5.95. The third-order valence-corrected chi connectivity index (χ3v) is 10.2. The number of aromatic hydroxyl groups is 1. The first-order chi connectivity index (χ1) is 18.7. The summed E-state index contributed by atoms with van der Waals surface area (Å²) in [6.45, 7) is 1.90. The Labute approximate surface area is 242 Å². The van der Waals surface area contributed by atoms with Crippen molar-refractivity contribution in [2.75, 3.05) is 19.0 Å². The standard InChI is InChI=1S/C27H28Cl2NO8PS/c1-3-38-39(35,20-8-5-7-19(31)16-20)11-10-18-13-22(28)25(23(29)14-18)26(32)30-24(27(33)34)15-17-6-4-9-21(12-17)40(2,36)37/h4-9,12-14,16,24,31H,3,10-11,15H2,1-2H3,(H,30,32)(H,33,34). The van der Waals surface area contributed by atoms with Crippen LogP contribution in [0.25, 0.3) is 0 Å². The van der Waals surface area contributed by atoms with Gasteiger partial charge in [0, 0.05) is 24.1 Å². The van der Waals surface area contributed by atoms with Crippen LogP contribution < -0.4 is 10.6 Å². The molecule has 0 radical (unpaired) electrons. The van der Waals surface area contributed by atoms with Crippen molar-refractivity contribution in [2.24, 2.45) is 0 Å². The lowest BCUT2D eigenvalue weighted by molar-refractivity contribution is -0.139. The number of benzene rings is 3. The smallest absolute Gasteiger partial charge is 0.326 e. The van der Waals surface area contributed by atoms with Crippen LogP contribution in [-0.4, -0.2) is 55.6 Å². The monoisotopic (exact) mass is 627 g/mol. The predicted molar refractivity (Wildman–Crippen MR) is 154 cm³/mol. The summed E-state index contributed by atoms with van der Waals surface area (Å²) in [6, 6.07) is 13.4. The van der Waals surface area contributed by atoms with Gasteiger partial charge in [-0.05, 0) is 66.9 Å². The lowest BCUT2D eigenvalue weighted by Crippen LogP contribution is -2.42. The van der Waals surface area contributed by atoms with Crippen LogP contribution in [0.4, 0.5) is 0 Å². The van der Waals surface area contributed by atoms with Crippen LogP contribution in [-0.2, 0) is 36.6 Å². The van der Waals surface area contributed by atoms with E-state index in [1.165, 1.54) is 42.5 Å². The Kier molecular flexibility index (Phi) is 10.4. The second-order valence-electron chi connectivity index (χ2n) is 9.01. The molecule has 13 heteroatoms. The van der Waals surface area contributed by atoms with E-state index in [1.807, 2.05) is 0 Å². The van der Waals surface area contributed by atoms with Crippen molar-refractivity contribution < 1.29 is 37.3 Å². The van der Waals surface area contributed by atoms with Gasteiger partial charge in [0.25, 0.3) is 5.91 Å². The van der Waals surface area contributed by atoms with Crippen LogP contribution in [0.3, 0.4) is 0 Å². The first-order valence-electron chi connectivity index (χ1n) is 12.1. The highest BCUT2D eigenvalue weighted by molar-refractivity contribution is 7.90. The molecule has 0 spiro atoms. The molecule has 0 aliphatic rings. The Morgan fingerprint density at radius 2 is 1.68 bits per heavy atom. The fraction of sp³-hybridized carbons (Fsp3) is 0.259. The Bertz CT molecular complexity index is 1560. The van der Waals surface area contributed by atoms with E-state index >= 15 is 0 Å². The number of amides is 1. The largest absolute Gasteiger partial charge is 0.508 e. The lowest BCUT2D eigenvalue weighted by atomic mass is 10.0. The van der Waals surface area contributed by atoms with Crippen molar-refractivity contribution in [3.63, 3.8) is 0 Å². The third kappa shape index (κ3) is 8.08. The number of aryl methyl sites for hydroxylation is 1. The summed E-state index contributed by atoms with van der Waals surface area (Å²) in [5.74, 6) is -2.20. The topological polar surface area (TPSA) is 147 Å². The van der Waals surface area contributed by atoms with Gasteiger partial charge in [-0.15, -0.1) is 0 Å². The first kappa shape index (κ1) is 31.6. The van der Waals surface area contributed by atoms with Gasteiger partial charge in [-0.25, -0.2) is 13.2 Å². The summed E-state index contributed by atoms with van der Waals surface area (Å²) in [7, 11) is -6.84. The zero-order valence-corrected chi connectivity index (χ0v) is 24.9. The van der Waals surface area contributed by atoms with Gasteiger partial charge in [0.2, 0.25) is 7.37 Å². The number of sulfone groups is 1. The quantitative estimate of drug-likeness (QED) is 0.245. The van der Waals surface area contributed by atoms with Gasteiger partial charge in [-0.1, -0.05) is 41.4 Å². The van der Waals surface area contributed by atoms with Gasteiger partial charge in [-0.3, -0.25) is 9.36 Å². The van der Waals surface area contributed by atoms with Gasteiger partial charge in [0.1, 0.15) is 11.8 Å². The van der Waals surface area contributed by atoms with E-state index in [-0.39, 0.29) is 51.9 Å². The normalized spacial score (nSPS) is 13.8. The number of phenolic OH excluding ortho intramolecular Hbond substituents is 1. The summed E-state index contributed by atoms with van der Waals surface area (Å²) >= 11 is 12.8. The molecular weight excluding hydrogens is 600 g/mol. The summed E-state index contributed by atoms with van der Waals surface area (Å²) < 4.78 is 42.8. The number of hydrogen-bond donors (Lipinski definition) is 3. The Hall–Kier alpha value is -2.88. The molecule has 9 nitrogen and oxygen atoms in total. The van der Waals surface area contributed by atoms with E-state index in [0.29, 0.717) is 16.4 Å². The number of phenols is 1. The number of rotatable bonds is 12. The molecule has 0 aromatic heterocycles. The first-order valence-corrected chi connectivity index (χ1v) is 16.5. The maximum atomic E-state index is 13.5. The number of carbonyl (C=O) groups excluding carboxylic acids is 1. The number of carbonyl (C=O) groups is 2. The maximum Gasteiger partial charge on any atom is 0.326 e. The minimum atomic E-state index is -3.50. The minimum Gasteiger partial charge on any atom is -0.508 e. The van der Waals surface area contributed by atoms with E-state index in [1.54, 1.807) is 25.1 Å². The highest BCUT2D eigenvalue weighted by atomic mass is 35.5. The van der Waals surface area contributed by atoms with Crippen LogP contribution in [0.1, 0.15) is 28.4 Å². The molecule has 3 aromatic carbocycles. The van der Waals surface area contributed by atoms with Crippen LogP contribution >= 0.6 is 30.6 Å². The van der Waals surface area contributed by atoms with Crippen LogP contribution in [0.5, 0.6) is 5.75 Å². The summed E-state index contributed by atoms with van der Waals surface area (Å²) in [5.41, 5.74) is 0.830. The van der Waals surface area contributed by atoms with Gasteiger partial charge in [-0.2, -0.15) is 0 Å². The van der Waals surface area contributed by atoms with Gasteiger partial charge in [0.15, 0.2) is 9.84 Å². The zero-order chi connectivity index (χ0) is 29.7. The van der Waals surface area contributed by atoms with Crippen LogP contribution in [0.15, 0.2) is 65.6 Å². The molecule has 0 aliphatic carbocycles. The molecule has 0 fully saturated rings. The molecule has 0 bridgehead atoms. The van der Waals surface area contributed by atoms with Gasteiger partial charge >= 0.3 is 5.97 Å². The lowest BCUT2D eigenvalue weighted by Gasteiger charge is -2.19. The Morgan fingerprint density at radius 3 is 2.25 bits per heavy atom. The maximum absolute atomic E-state index is 13.5. The molecule has 1 amide bonds. The van der Waals surface area contributed by atoms with Crippen molar-refractivity contribution >= 4 is 57.6 Å². The molecule has 40 heavy (non-hydrogen) atoms. The summed E-state index contributed by atoms with van der Waals surface area (Å²) in [6.07, 6.45) is 1.16. The average Bonchev–Trinajstić information content (AvgIpc) is 2.86. The van der Waals surface area contributed by atoms with E-state index in [4.69, 9.17) is 27.7 Å². The molecule has 3 rings (SSSR count). The summed E-state index contributed by atoms with van der Waals surface area (Å²) in [5, 5.41) is 22.2. The molecule has 2 unspecified atom stereocenters. The second-order valence-corrected chi connectivity index (χ2v) is 14.4. The summed E-state index contributed by atoms with van der Waals surface area (Å²) in [4.78, 5) is 24.9. The van der Waals surface area contributed by atoms with Crippen molar-refractivity contribution in [3.8, 4) is 5.75 Å². The molecule has 0 heterocycles. The fourth-order valence-electron chi connectivity index (χ4n) is 4.01. The van der Waals surface area contributed by atoms with Crippen LogP contribution in [0, 0.1) is 0 Å². The van der Waals surface area contributed by atoms with E-state index in [0.717, 1.165) is 6.26 Å². The second kappa shape index (κ2) is 13.2. The number of carboxylic acids is 1. The number of carboxylic acid groups (broad SMARTS) is 1. The fourth-order valence-corrected chi connectivity index (χ4v) is 7.56. The molecular formula is C27H28Cl2NO8PS. The highest BCUT2D eigenvalue weighted by Gasteiger charge is 2.28. The average molecular weight is 628 g/mol. The zero-order valence-electron chi connectivity index (χ0n) is 21.6. The van der Waals surface area contributed by atoms with E-state index in [2.05, 4.69) is 5.32 Å². The number of nitrogens with one attached hydrogen (secondary N) is 1. The molecule has 0 aliphatic heterocycles. The van der Waals surface area contributed by atoms with Crippen molar-refractivity contribution in [1.82, 2.24) is 5.32 Å². The molecule has 3 N–H and O–H groups in total. The van der Waals surface area contributed by atoms with Gasteiger partial charge < -0.3 is 20.1 Å². The Balaban J connectivity index is 1.78. The van der Waals surface area contributed by atoms with Gasteiger partial charge in [0.05, 0.1) is 27.1 Å². The number of aliphatic carboxylic acids is 1. The molecule has 3 aromatic rings. The van der Waals surface area contributed by atoms with Crippen molar-refractivity contribution in [3.05, 3.63) is 87.4 Å². The predicted octanol–water partition coefficient (Wildman–Crippen LogP) is 4.71. The molecule has 214 valence electrons.